The summed E-state index contributed by atoms with van der Waals surface area (Å²) in [7, 11) is 0. The van der Waals surface area contributed by atoms with Gasteiger partial charge in [-0.05, 0) is 30.7 Å². The van der Waals surface area contributed by atoms with E-state index in [9.17, 15) is 18.0 Å². The molecule has 27 heavy (non-hydrogen) atoms. The average Bonchev–Trinajstić information content (AvgIpc) is 2.95. The fourth-order valence-corrected chi connectivity index (χ4v) is 2.89. The summed E-state index contributed by atoms with van der Waals surface area (Å²) in [5, 5.41) is 0. The Bertz CT molecular complexity index is 810. The van der Waals surface area contributed by atoms with Gasteiger partial charge >= 0.3 is 6.36 Å². The molecule has 0 radical (unpaired) electrons. The molecule has 3 rings (SSSR count). The van der Waals surface area contributed by atoms with Gasteiger partial charge in [0.05, 0.1) is 6.61 Å². The predicted octanol–water partition coefficient (Wildman–Crippen LogP) is 4.04. The van der Waals surface area contributed by atoms with Crippen molar-refractivity contribution in [2.24, 2.45) is 0 Å². The lowest BCUT2D eigenvalue weighted by molar-refractivity contribution is -0.274. The molecule has 1 fully saturated rings. The van der Waals surface area contributed by atoms with Crippen molar-refractivity contribution in [3.05, 3.63) is 59.7 Å². The maximum Gasteiger partial charge on any atom is 0.573 e. The number of benzene rings is 2. The molecule has 0 aromatic heterocycles. The summed E-state index contributed by atoms with van der Waals surface area (Å²) in [4.78, 5) is 13.8. The Morgan fingerprint density at radius 3 is 2.70 bits per heavy atom. The maximum absolute atomic E-state index is 12.4. The molecule has 1 heterocycles. The monoisotopic (exact) mass is 381 g/mol. The second kappa shape index (κ2) is 7.87. The van der Waals surface area contributed by atoms with Crippen LogP contribution in [-0.2, 0) is 16.1 Å². The number of alkyl halides is 3. The normalized spacial score (nSPS) is 17.3. The predicted molar refractivity (Wildman–Crippen MR) is 90.0 cm³/mol. The van der Waals surface area contributed by atoms with Crippen LogP contribution in [0.5, 0.6) is 11.5 Å². The van der Waals surface area contributed by atoms with Gasteiger partial charge in [0, 0.05) is 12.1 Å². The molecule has 2 aromatic rings. The minimum atomic E-state index is -4.77. The number of hydrogen-bond acceptors (Lipinski definition) is 4. The van der Waals surface area contributed by atoms with Crippen molar-refractivity contribution in [2.75, 3.05) is 13.2 Å². The number of carbonyl (C=O) groups excluding carboxylic acids is 1. The number of carbonyl (C=O) groups is 1. The summed E-state index contributed by atoms with van der Waals surface area (Å²) in [5.74, 6) is 0.00568. The van der Waals surface area contributed by atoms with Crippen LogP contribution in [0.3, 0.4) is 0 Å². The first kappa shape index (κ1) is 19.0. The van der Waals surface area contributed by atoms with Gasteiger partial charge in [-0.1, -0.05) is 30.3 Å². The van der Waals surface area contributed by atoms with Crippen LogP contribution >= 0.6 is 0 Å². The summed E-state index contributed by atoms with van der Waals surface area (Å²) < 4.78 is 52.4. The zero-order valence-electron chi connectivity index (χ0n) is 14.5. The molecule has 1 atom stereocenters. The first-order valence-corrected chi connectivity index (χ1v) is 8.35. The van der Waals surface area contributed by atoms with Gasteiger partial charge in [0.25, 0.3) is 5.91 Å². The molecular weight excluding hydrogens is 363 g/mol. The van der Waals surface area contributed by atoms with Crippen molar-refractivity contribution in [2.45, 2.75) is 26.1 Å². The second-order valence-corrected chi connectivity index (χ2v) is 5.85. The van der Waals surface area contributed by atoms with Crippen LogP contribution < -0.4 is 9.47 Å². The van der Waals surface area contributed by atoms with Crippen molar-refractivity contribution in [1.29, 1.82) is 0 Å². The van der Waals surface area contributed by atoms with Crippen LogP contribution in [0.15, 0.2) is 48.5 Å². The van der Waals surface area contributed by atoms with Crippen LogP contribution in [0, 0.1) is 0 Å². The van der Waals surface area contributed by atoms with Crippen molar-refractivity contribution in [3.8, 4) is 11.5 Å². The molecule has 5 nitrogen and oxygen atoms in total. The second-order valence-electron chi connectivity index (χ2n) is 5.85. The molecule has 1 amide bonds. The summed E-state index contributed by atoms with van der Waals surface area (Å²) in [5.41, 5.74) is 1.18. The first-order chi connectivity index (χ1) is 12.9. The number of para-hydroxylation sites is 1. The topological polar surface area (TPSA) is 48.0 Å². The summed E-state index contributed by atoms with van der Waals surface area (Å²) in [6.45, 7) is 2.28. The van der Waals surface area contributed by atoms with E-state index >= 15 is 0 Å². The smallest absolute Gasteiger partial charge is 0.493 e. The van der Waals surface area contributed by atoms with Gasteiger partial charge in [-0.3, -0.25) is 4.79 Å². The molecule has 1 saturated heterocycles. The van der Waals surface area contributed by atoms with Gasteiger partial charge < -0.3 is 19.1 Å². The number of rotatable bonds is 6. The third kappa shape index (κ3) is 4.71. The maximum atomic E-state index is 12.4. The highest BCUT2D eigenvalue weighted by Crippen LogP contribution is 2.35. The highest BCUT2D eigenvalue weighted by atomic mass is 19.4. The average molecular weight is 381 g/mol. The van der Waals surface area contributed by atoms with E-state index in [0.717, 1.165) is 0 Å². The van der Waals surface area contributed by atoms with Gasteiger partial charge in [-0.25, -0.2) is 0 Å². The Morgan fingerprint density at radius 2 is 1.96 bits per heavy atom. The molecule has 0 N–H and O–H groups in total. The van der Waals surface area contributed by atoms with Gasteiger partial charge in [-0.2, -0.15) is 0 Å². The largest absolute Gasteiger partial charge is 0.573 e. The standard InChI is InChI=1S/C19H18F3NO4/c1-2-25-16-9-4-3-8-15(16)18-23(17(24)12-26-18)11-13-6-5-7-14(10-13)27-19(20,21)22/h3-10,18H,2,11-12H2,1H3. The summed E-state index contributed by atoms with van der Waals surface area (Å²) in [6, 6.07) is 12.7. The van der Waals surface area contributed by atoms with Crippen molar-refractivity contribution < 1.29 is 32.2 Å². The quantitative estimate of drug-likeness (QED) is 0.758. The van der Waals surface area contributed by atoms with Gasteiger partial charge in [0.15, 0.2) is 6.23 Å². The summed E-state index contributed by atoms with van der Waals surface area (Å²) in [6.07, 6.45) is -5.45. The Morgan fingerprint density at radius 1 is 1.19 bits per heavy atom. The van der Waals surface area contributed by atoms with E-state index in [4.69, 9.17) is 9.47 Å². The third-order valence-electron chi connectivity index (χ3n) is 3.94. The van der Waals surface area contributed by atoms with Gasteiger partial charge in [-0.15, -0.1) is 13.2 Å². The van der Waals surface area contributed by atoms with Gasteiger partial charge in [0.1, 0.15) is 18.1 Å². The van der Waals surface area contributed by atoms with Crippen LogP contribution in [0.25, 0.3) is 0 Å². The van der Waals surface area contributed by atoms with E-state index in [1.807, 2.05) is 13.0 Å². The molecule has 1 unspecified atom stereocenters. The lowest BCUT2D eigenvalue weighted by Crippen LogP contribution is -2.28. The van der Waals surface area contributed by atoms with Crippen LogP contribution in [0.2, 0.25) is 0 Å². The van der Waals surface area contributed by atoms with E-state index in [1.165, 1.54) is 23.1 Å². The SMILES string of the molecule is CCOc1ccccc1C1OCC(=O)N1Cc1cccc(OC(F)(F)F)c1. The minimum absolute atomic E-state index is 0.0824. The van der Waals surface area contributed by atoms with E-state index in [-0.39, 0.29) is 24.8 Å². The van der Waals surface area contributed by atoms with Crippen LogP contribution in [-0.4, -0.2) is 30.4 Å². The lowest BCUT2D eigenvalue weighted by Gasteiger charge is -2.25. The van der Waals surface area contributed by atoms with E-state index in [0.29, 0.717) is 23.5 Å². The van der Waals surface area contributed by atoms with E-state index < -0.39 is 12.6 Å². The fourth-order valence-electron chi connectivity index (χ4n) is 2.89. The molecule has 0 aliphatic carbocycles. The molecule has 1 aliphatic rings. The Kier molecular flexibility index (Phi) is 5.55. The van der Waals surface area contributed by atoms with E-state index in [2.05, 4.69) is 4.74 Å². The van der Waals surface area contributed by atoms with Crippen molar-refractivity contribution in [1.82, 2.24) is 4.90 Å². The molecule has 144 valence electrons. The molecule has 2 aromatic carbocycles. The highest BCUT2D eigenvalue weighted by molar-refractivity contribution is 5.79. The number of ether oxygens (including phenoxy) is 3. The minimum Gasteiger partial charge on any atom is -0.493 e. The molecular formula is C19H18F3NO4. The first-order valence-electron chi connectivity index (χ1n) is 8.35. The molecule has 0 saturated carbocycles. The Balaban J connectivity index is 1.83. The number of halogens is 3. The molecule has 0 spiro atoms. The van der Waals surface area contributed by atoms with Gasteiger partial charge in [0.2, 0.25) is 0 Å². The highest BCUT2D eigenvalue weighted by Gasteiger charge is 2.35. The van der Waals surface area contributed by atoms with Crippen molar-refractivity contribution in [3.63, 3.8) is 0 Å². The van der Waals surface area contributed by atoms with Crippen molar-refractivity contribution >= 4 is 5.91 Å². The Hall–Kier alpha value is -2.74. The summed E-state index contributed by atoms with van der Waals surface area (Å²) >= 11 is 0. The van der Waals surface area contributed by atoms with Crippen LogP contribution in [0.1, 0.15) is 24.3 Å². The third-order valence-corrected chi connectivity index (χ3v) is 3.94. The molecule has 1 aliphatic heterocycles. The van der Waals surface area contributed by atoms with Crippen LogP contribution in [0.4, 0.5) is 13.2 Å². The van der Waals surface area contributed by atoms with E-state index in [1.54, 1.807) is 24.3 Å². The molecule has 8 heteroatoms. The molecule has 0 bridgehead atoms. The number of nitrogens with zero attached hydrogens (tertiary/aromatic N) is 1. The lowest BCUT2D eigenvalue weighted by atomic mass is 10.1. The Labute approximate surface area is 154 Å². The zero-order valence-corrected chi connectivity index (χ0v) is 14.5. The number of hydrogen-bond donors (Lipinski definition) is 0. The zero-order chi connectivity index (χ0) is 19.4. The fraction of sp³-hybridized carbons (Fsp3) is 0.316. The number of amides is 1.